The molecule has 22 heavy (non-hydrogen) atoms. The molecule has 0 spiro atoms. The zero-order valence-electron chi connectivity index (χ0n) is 11.8. The molecule has 4 rings (SSSR count). The van der Waals surface area contributed by atoms with E-state index in [-0.39, 0.29) is 17.6 Å². The number of phenols is 1. The van der Waals surface area contributed by atoms with E-state index in [1.165, 1.54) is 11.5 Å². The molecule has 1 aliphatic heterocycles. The van der Waals surface area contributed by atoms with Crippen LogP contribution >= 0.6 is 0 Å². The first kappa shape index (κ1) is 12.9. The van der Waals surface area contributed by atoms with Gasteiger partial charge in [-0.1, -0.05) is 48.5 Å². The lowest BCUT2D eigenvalue weighted by Gasteiger charge is -2.25. The molecular formula is C19H14O3. The van der Waals surface area contributed by atoms with Crippen LogP contribution in [0.1, 0.15) is 23.5 Å². The van der Waals surface area contributed by atoms with E-state index < -0.39 is 0 Å². The lowest BCUT2D eigenvalue weighted by molar-refractivity contribution is -0.135. The number of hydrogen-bond acceptors (Lipinski definition) is 3. The number of esters is 1. The normalized spacial score (nSPS) is 17.1. The smallest absolute Gasteiger partial charge is 0.312 e. The van der Waals surface area contributed by atoms with Gasteiger partial charge in [0.1, 0.15) is 11.5 Å². The minimum absolute atomic E-state index is 0.0403. The predicted molar refractivity (Wildman–Crippen MR) is 84.1 cm³/mol. The number of aromatic hydroxyl groups is 1. The van der Waals surface area contributed by atoms with Crippen molar-refractivity contribution in [1.82, 2.24) is 0 Å². The molecule has 1 aliphatic rings. The van der Waals surface area contributed by atoms with E-state index in [9.17, 15) is 9.90 Å². The summed E-state index contributed by atoms with van der Waals surface area (Å²) in [5, 5.41) is 11.9. The Labute approximate surface area is 127 Å². The van der Waals surface area contributed by atoms with Gasteiger partial charge in [0, 0.05) is 17.5 Å². The molecule has 0 fully saturated rings. The van der Waals surface area contributed by atoms with Gasteiger partial charge in [-0.05, 0) is 22.4 Å². The van der Waals surface area contributed by atoms with Crippen LogP contribution in [0, 0.1) is 0 Å². The molecule has 1 unspecified atom stereocenters. The summed E-state index contributed by atoms with van der Waals surface area (Å²) in [4.78, 5) is 11.9. The summed E-state index contributed by atoms with van der Waals surface area (Å²) < 4.78 is 5.25. The zero-order valence-corrected chi connectivity index (χ0v) is 11.8. The highest BCUT2D eigenvalue weighted by molar-refractivity contribution is 5.84. The van der Waals surface area contributed by atoms with Crippen molar-refractivity contribution in [3.63, 3.8) is 0 Å². The SMILES string of the molecule is O=C1CC(c2ccc3ccccc3c2)c2ccc(O)cc2O1. The average Bonchev–Trinajstić information content (AvgIpc) is 2.53. The number of carbonyl (C=O) groups is 1. The highest BCUT2D eigenvalue weighted by atomic mass is 16.5. The van der Waals surface area contributed by atoms with E-state index in [4.69, 9.17) is 4.74 Å². The number of hydrogen-bond donors (Lipinski definition) is 1. The Bertz CT molecular complexity index is 883. The molecule has 1 atom stereocenters. The molecule has 1 heterocycles. The summed E-state index contributed by atoms with van der Waals surface area (Å²) in [5.74, 6) is 0.248. The minimum atomic E-state index is -0.267. The molecule has 0 aromatic heterocycles. The molecule has 0 saturated carbocycles. The van der Waals surface area contributed by atoms with Crippen molar-refractivity contribution in [2.45, 2.75) is 12.3 Å². The maximum atomic E-state index is 11.9. The van der Waals surface area contributed by atoms with E-state index in [0.29, 0.717) is 12.2 Å². The summed E-state index contributed by atoms with van der Waals surface area (Å²) in [6.07, 6.45) is 0.316. The van der Waals surface area contributed by atoms with Crippen molar-refractivity contribution >= 4 is 16.7 Å². The average molecular weight is 290 g/mol. The Morgan fingerprint density at radius 2 is 1.77 bits per heavy atom. The van der Waals surface area contributed by atoms with Crippen LogP contribution in [0.15, 0.2) is 60.7 Å². The van der Waals surface area contributed by atoms with Gasteiger partial charge in [0.25, 0.3) is 0 Å². The number of ether oxygens (including phenoxy) is 1. The van der Waals surface area contributed by atoms with Gasteiger partial charge in [-0.2, -0.15) is 0 Å². The van der Waals surface area contributed by atoms with Crippen LogP contribution in [0.4, 0.5) is 0 Å². The maximum absolute atomic E-state index is 11.9. The first-order chi connectivity index (χ1) is 10.7. The highest BCUT2D eigenvalue weighted by Gasteiger charge is 2.28. The summed E-state index contributed by atoms with van der Waals surface area (Å²) in [5.41, 5.74) is 2.02. The van der Waals surface area contributed by atoms with Crippen molar-refractivity contribution in [2.24, 2.45) is 0 Å². The number of benzene rings is 3. The van der Waals surface area contributed by atoms with Crippen LogP contribution in [-0.2, 0) is 4.79 Å². The van der Waals surface area contributed by atoms with Gasteiger partial charge in [-0.15, -0.1) is 0 Å². The lowest BCUT2D eigenvalue weighted by Crippen LogP contribution is -2.20. The minimum Gasteiger partial charge on any atom is -0.508 e. The number of carbonyl (C=O) groups excluding carboxylic acids is 1. The summed E-state index contributed by atoms with van der Waals surface area (Å²) in [7, 11) is 0. The Kier molecular flexibility index (Phi) is 2.86. The molecule has 3 heteroatoms. The number of fused-ring (bicyclic) bond motifs is 2. The maximum Gasteiger partial charge on any atom is 0.312 e. The first-order valence-electron chi connectivity index (χ1n) is 7.23. The second kappa shape index (κ2) is 4.88. The third-order valence-electron chi connectivity index (χ3n) is 4.14. The third-order valence-corrected chi connectivity index (χ3v) is 4.14. The second-order valence-electron chi connectivity index (χ2n) is 5.56. The van der Waals surface area contributed by atoms with Crippen molar-refractivity contribution in [1.29, 1.82) is 0 Å². The molecular weight excluding hydrogens is 276 g/mol. The molecule has 1 N–H and O–H groups in total. The van der Waals surface area contributed by atoms with Crippen LogP contribution in [0.3, 0.4) is 0 Å². The van der Waals surface area contributed by atoms with Crippen molar-refractivity contribution in [3.8, 4) is 11.5 Å². The van der Waals surface area contributed by atoms with Gasteiger partial charge in [0.15, 0.2) is 0 Å². The van der Waals surface area contributed by atoms with E-state index in [0.717, 1.165) is 16.5 Å². The quantitative estimate of drug-likeness (QED) is 0.544. The second-order valence-corrected chi connectivity index (χ2v) is 5.56. The molecule has 0 bridgehead atoms. The third kappa shape index (κ3) is 2.11. The molecule has 0 radical (unpaired) electrons. The zero-order chi connectivity index (χ0) is 15.1. The molecule has 0 saturated heterocycles. The predicted octanol–water partition coefficient (Wildman–Crippen LogP) is 3.99. The summed E-state index contributed by atoms with van der Waals surface area (Å²) in [6, 6.07) is 19.4. The van der Waals surface area contributed by atoms with Crippen molar-refractivity contribution in [2.75, 3.05) is 0 Å². The molecule has 0 aliphatic carbocycles. The van der Waals surface area contributed by atoms with Crippen LogP contribution in [0.5, 0.6) is 11.5 Å². The van der Waals surface area contributed by atoms with Crippen molar-refractivity contribution < 1.29 is 14.6 Å². The van der Waals surface area contributed by atoms with Crippen LogP contribution in [0.2, 0.25) is 0 Å². The summed E-state index contributed by atoms with van der Waals surface area (Å²) in [6.45, 7) is 0. The Balaban J connectivity index is 1.86. The van der Waals surface area contributed by atoms with Gasteiger partial charge in [-0.25, -0.2) is 0 Å². The molecule has 108 valence electrons. The van der Waals surface area contributed by atoms with Gasteiger partial charge in [0.05, 0.1) is 6.42 Å². The van der Waals surface area contributed by atoms with E-state index in [1.807, 2.05) is 18.2 Å². The van der Waals surface area contributed by atoms with Gasteiger partial charge in [-0.3, -0.25) is 4.79 Å². The number of rotatable bonds is 1. The molecule has 3 aromatic carbocycles. The topological polar surface area (TPSA) is 46.5 Å². The van der Waals surface area contributed by atoms with E-state index in [1.54, 1.807) is 6.07 Å². The van der Waals surface area contributed by atoms with Gasteiger partial charge >= 0.3 is 5.97 Å². The fraction of sp³-hybridized carbons (Fsp3) is 0.105. The Hall–Kier alpha value is -2.81. The monoisotopic (exact) mass is 290 g/mol. The van der Waals surface area contributed by atoms with E-state index >= 15 is 0 Å². The first-order valence-corrected chi connectivity index (χ1v) is 7.23. The van der Waals surface area contributed by atoms with Crippen LogP contribution in [0.25, 0.3) is 10.8 Å². The van der Waals surface area contributed by atoms with Crippen molar-refractivity contribution in [3.05, 3.63) is 71.8 Å². The highest BCUT2D eigenvalue weighted by Crippen LogP contribution is 2.40. The van der Waals surface area contributed by atoms with Crippen LogP contribution in [-0.4, -0.2) is 11.1 Å². The summed E-state index contributed by atoms with van der Waals surface area (Å²) >= 11 is 0. The largest absolute Gasteiger partial charge is 0.508 e. The molecule has 3 aromatic rings. The standard InChI is InChI=1S/C19H14O3/c20-15-7-8-16-17(11-19(21)22-18(16)10-15)14-6-5-12-3-1-2-4-13(12)9-14/h1-10,17,20H,11H2. The van der Waals surface area contributed by atoms with Gasteiger partial charge in [0.2, 0.25) is 0 Å². The fourth-order valence-electron chi connectivity index (χ4n) is 3.06. The van der Waals surface area contributed by atoms with Gasteiger partial charge < -0.3 is 9.84 Å². The van der Waals surface area contributed by atoms with E-state index in [2.05, 4.69) is 30.3 Å². The fourth-order valence-corrected chi connectivity index (χ4v) is 3.06. The van der Waals surface area contributed by atoms with Crippen LogP contribution < -0.4 is 4.74 Å². The lowest BCUT2D eigenvalue weighted by atomic mass is 9.85. The number of phenolic OH excluding ortho intramolecular Hbond substituents is 1. The Morgan fingerprint density at radius 3 is 2.64 bits per heavy atom. The Morgan fingerprint density at radius 1 is 0.955 bits per heavy atom. The molecule has 0 amide bonds. The molecule has 3 nitrogen and oxygen atoms in total.